The van der Waals surface area contributed by atoms with Crippen molar-refractivity contribution >= 4 is 15.7 Å². The second-order valence-corrected chi connectivity index (χ2v) is 6.70. The maximum Gasteiger partial charge on any atom is 0.232 e. The molecule has 6 nitrogen and oxygen atoms in total. The van der Waals surface area contributed by atoms with Crippen molar-refractivity contribution in [3.05, 3.63) is 12.4 Å². The van der Waals surface area contributed by atoms with Gasteiger partial charge in [-0.25, -0.2) is 8.42 Å². The van der Waals surface area contributed by atoms with E-state index in [2.05, 4.69) is 9.82 Å². The summed E-state index contributed by atoms with van der Waals surface area (Å²) in [5.74, 6) is 0.129. The average molecular weight is 287 g/mol. The molecule has 1 aromatic heterocycles. The van der Waals surface area contributed by atoms with Gasteiger partial charge in [-0.3, -0.25) is 9.40 Å². The molecular weight excluding hydrogens is 266 g/mol. The van der Waals surface area contributed by atoms with E-state index in [1.165, 1.54) is 12.6 Å². The van der Waals surface area contributed by atoms with Crippen LogP contribution in [0.2, 0.25) is 0 Å². The lowest BCUT2D eigenvalue weighted by Crippen LogP contribution is -2.24. The molecule has 0 spiro atoms. The highest BCUT2D eigenvalue weighted by molar-refractivity contribution is 7.92. The van der Waals surface area contributed by atoms with E-state index in [4.69, 9.17) is 4.74 Å². The van der Waals surface area contributed by atoms with Crippen molar-refractivity contribution in [1.29, 1.82) is 0 Å². The summed E-state index contributed by atoms with van der Waals surface area (Å²) < 4.78 is 33.1. The van der Waals surface area contributed by atoms with E-state index >= 15 is 0 Å². The summed E-state index contributed by atoms with van der Waals surface area (Å²) in [6.45, 7) is 3.32. The van der Waals surface area contributed by atoms with Crippen molar-refractivity contribution in [2.75, 3.05) is 17.1 Å². The lowest BCUT2D eigenvalue weighted by molar-refractivity contribution is 0.00401. The van der Waals surface area contributed by atoms with Crippen LogP contribution in [-0.2, 0) is 21.3 Å². The van der Waals surface area contributed by atoms with Crippen LogP contribution in [-0.4, -0.2) is 36.7 Å². The van der Waals surface area contributed by atoms with Gasteiger partial charge >= 0.3 is 0 Å². The number of rotatable bonds is 6. The standard InChI is InChI=1S/C12H21N3O3S/c1-2-7-19(16,17)14-11-8-13-15(9-11)10-12-5-3-4-6-18-12/h8-9,12,14H,2-7,10H2,1H3. The number of hydrogen-bond donors (Lipinski definition) is 1. The summed E-state index contributed by atoms with van der Waals surface area (Å²) in [7, 11) is -3.24. The van der Waals surface area contributed by atoms with E-state index in [9.17, 15) is 8.42 Å². The van der Waals surface area contributed by atoms with Crippen molar-refractivity contribution < 1.29 is 13.2 Å². The van der Waals surface area contributed by atoms with Crippen molar-refractivity contribution in [3.63, 3.8) is 0 Å². The molecular formula is C12H21N3O3S. The molecule has 1 N–H and O–H groups in total. The molecule has 1 unspecified atom stereocenters. The summed E-state index contributed by atoms with van der Waals surface area (Å²) in [5, 5.41) is 4.16. The highest BCUT2D eigenvalue weighted by Crippen LogP contribution is 2.15. The summed E-state index contributed by atoms with van der Waals surface area (Å²) in [6, 6.07) is 0. The van der Waals surface area contributed by atoms with Gasteiger partial charge in [0, 0.05) is 12.8 Å². The number of aromatic nitrogens is 2. The minimum atomic E-state index is -3.24. The van der Waals surface area contributed by atoms with Crippen LogP contribution < -0.4 is 4.72 Å². The molecule has 7 heteroatoms. The zero-order chi connectivity index (χ0) is 13.7. The lowest BCUT2D eigenvalue weighted by atomic mass is 10.1. The predicted octanol–water partition coefficient (Wildman–Crippen LogP) is 1.60. The largest absolute Gasteiger partial charge is 0.376 e. The van der Waals surface area contributed by atoms with Gasteiger partial charge < -0.3 is 4.74 Å². The first-order valence-corrected chi connectivity index (χ1v) is 8.39. The van der Waals surface area contributed by atoms with Crippen molar-refractivity contribution in [3.8, 4) is 0 Å². The first-order chi connectivity index (χ1) is 9.09. The molecule has 0 amide bonds. The molecule has 0 radical (unpaired) electrons. The second kappa shape index (κ2) is 6.38. The van der Waals surface area contributed by atoms with Crippen LogP contribution in [0.3, 0.4) is 0 Å². The third kappa shape index (κ3) is 4.50. The average Bonchev–Trinajstić information content (AvgIpc) is 2.76. The van der Waals surface area contributed by atoms with Crippen LogP contribution in [0.4, 0.5) is 5.69 Å². The number of nitrogens with one attached hydrogen (secondary N) is 1. The molecule has 2 heterocycles. The Bertz CT molecular complexity index is 492. The molecule has 1 fully saturated rings. The summed E-state index contributed by atoms with van der Waals surface area (Å²) in [6.07, 6.45) is 7.38. The normalized spacial score (nSPS) is 20.4. The van der Waals surface area contributed by atoms with E-state index in [0.29, 0.717) is 18.7 Å². The Labute approximate surface area is 114 Å². The zero-order valence-electron chi connectivity index (χ0n) is 11.2. The summed E-state index contributed by atoms with van der Waals surface area (Å²) in [4.78, 5) is 0. The van der Waals surface area contributed by atoms with E-state index in [1.54, 1.807) is 10.9 Å². The van der Waals surface area contributed by atoms with Crippen molar-refractivity contribution in [2.45, 2.75) is 45.3 Å². The summed E-state index contributed by atoms with van der Waals surface area (Å²) >= 11 is 0. The Kier molecular flexibility index (Phi) is 4.81. The zero-order valence-corrected chi connectivity index (χ0v) is 12.0. The van der Waals surface area contributed by atoms with E-state index in [0.717, 1.165) is 19.4 Å². The molecule has 0 aliphatic carbocycles. The molecule has 0 aromatic carbocycles. The maximum atomic E-state index is 11.6. The third-order valence-corrected chi connectivity index (χ3v) is 4.54. The van der Waals surface area contributed by atoms with Gasteiger partial charge in [0.15, 0.2) is 0 Å². The van der Waals surface area contributed by atoms with Gasteiger partial charge in [-0.1, -0.05) is 6.92 Å². The van der Waals surface area contributed by atoms with Gasteiger partial charge in [0.2, 0.25) is 10.0 Å². The van der Waals surface area contributed by atoms with Gasteiger partial charge in [0.1, 0.15) is 0 Å². The van der Waals surface area contributed by atoms with Gasteiger partial charge in [0.05, 0.1) is 30.3 Å². The van der Waals surface area contributed by atoms with Crippen LogP contribution in [0.25, 0.3) is 0 Å². The second-order valence-electron chi connectivity index (χ2n) is 4.86. The van der Waals surface area contributed by atoms with Crippen LogP contribution in [0, 0.1) is 0 Å². The Morgan fingerprint density at radius 2 is 2.37 bits per heavy atom. The highest BCUT2D eigenvalue weighted by atomic mass is 32.2. The molecule has 0 saturated carbocycles. The third-order valence-electron chi connectivity index (χ3n) is 3.04. The first-order valence-electron chi connectivity index (χ1n) is 6.73. The van der Waals surface area contributed by atoms with Gasteiger partial charge in [-0.2, -0.15) is 5.10 Å². The molecule has 0 bridgehead atoms. The molecule has 19 heavy (non-hydrogen) atoms. The number of sulfonamides is 1. The topological polar surface area (TPSA) is 73.2 Å². The van der Waals surface area contributed by atoms with Crippen LogP contribution >= 0.6 is 0 Å². The van der Waals surface area contributed by atoms with Crippen LogP contribution in [0.5, 0.6) is 0 Å². The van der Waals surface area contributed by atoms with Crippen LogP contribution in [0.1, 0.15) is 32.6 Å². The number of ether oxygens (including phenoxy) is 1. The molecule has 1 aliphatic rings. The number of anilines is 1. The molecule has 1 saturated heterocycles. The smallest absolute Gasteiger partial charge is 0.232 e. The molecule has 108 valence electrons. The Balaban J connectivity index is 1.91. The van der Waals surface area contributed by atoms with E-state index in [-0.39, 0.29) is 11.9 Å². The highest BCUT2D eigenvalue weighted by Gasteiger charge is 2.15. The van der Waals surface area contributed by atoms with Gasteiger partial charge in [-0.15, -0.1) is 0 Å². The predicted molar refractivity (Wildman–Crippen MR) is 73.5 cm³/mol. The van der Waals surface area contributed by atoms with E-state index < -0.39 is 10.0 Å². The lowest BCUT2D eigenvalue weighted by Gasteiger charge is -2.22. The fourth-order valence-electron chi connectivity index (χ4n) is 2.18. The fourth-order valence-corrected chi connectivity index (χ4v) is 3.28. The number of nitrogens with zero attached hydrogens (tertiary/aromatic N) is 2. The number of hydrogen-bond acceptors (Lipinski definition) is 4. The quantitative estimate of drug-likeness (QED) is 0.862. The Hall–Kier alpha value is -1.08. The van der Waals surface area contributed by atoms with Gasteiger partial charge in [0.25, 0.3) is 0 Å². The van der Waals surface area contributed by atoms with Crippen molar-refractivity contribution in [2.24, 2.45) is 0 Å². The van der Waals surface area contributed by atoms with Crippen molar-refractivity contribution in [1.82, 2.24) is 9.78 Å². The summed E-state index contributed by atoms with van der Waals surface area (Å²) in [5.41, 5.74) is 0.518. The maximum absolute atomic E-state index is 11.6. The van der Waals surface area contributed by atoms with Gasteiger partial charge in [-0.05, 0) is 25.7 Å². The molecule has 1 atom stereocenters. The first kappa shape index (κ1) is 14.3. The Morgan fingerprint density at radius 1 is 1.53 bits per heavy atom. The Morgan fingerprint density at radius 3 is 3.05 bits per heavy atom. The monoisotopic (exact) mass is 287 g/mol. The molecule has 2 rings (SSSR count). The minimum Gasteiger partial charge on any atom is -0.376 e. The molecule has 1 aliphatic heterocycles. The SMILES string of the molecule is CCCS(=O)(=O)Nc1cnn(CC2CCCCO2)c1. The minimum absolute atomic E-state index is 0.129. The fraction of sp³-hybridized carbons (Fsp3) is 0.750. The van der Waals surface area contributed by atoms with Crippen LogP contribution in [0.15, 0.2) is 12.4 Å². The molecule has 1 aromatic rings. The van der Waals surface area contributed by atoms with E-state index in [1.807, 2.05) is 6.92 Å².